The molecule has 5 N–H and O–H groups in total. The lowest BCUT2D eigenvalue weighted by Gasteiger charge is -2.48. The first-order chi connectivity index (χ1) is 12.7. The molecule has 4 atom stereocenters. The van der Waals surface area contributed by atoms with E-state index in [1.165, 1.54) is 0 Å². The maximum absolute atomic E-state index is 12.8. The molecular weight excluding hydrogens is 362 g/mol. The summed E-state index contributed by atoms with van der Waals surface area (Å²) in [5, 5.41) is 3.53. The van der Waals surface area contributed by atoms with Crippen molar-refractivity contribution in [1.82, 2.24) is 5.32 Å². The second-order valence-electron chi connectivity index (χ2n) is 8.31. The van der Waals surface area contributed by atoms with Crippen LogP contribution in [-0.2, 0) is 9.59 Å². The Bertz CT molecular complexity index is 679. The molecule has 0 heterocycles. The van der Waals surface area contributed by atoms with Crippen molar-refractivity contribution in [2.75, 3.05) is 6.54 Å². The van der Waals surface area contributed by atoms with Crippen LogP contribution in [0.1, 0.15) is 58.1 Å². The van der Waals surface area contributed by atoms with Gasteiger partial charge in [0.1, 0.15) is 0 Å². The van der Waals surface area contributed by atoms with Crippen molar-refractivity contribution in [3.8, 4) is 0 Å². The number of amides is 2. The Kier molecular flexibility index (Phi) is 7.29. The van der Waals surface area contributed by atoms with Crippen LogP contribution in [0.5, 0.6) is 0 Å². The van der Waals surface area contributed by atoms with Crippen LogP contribution in [-0.4, -0.2) is 18.4 Å². The van der Waals surface area contributed by atoms with E-state index in [9.17, 15) is 9.59 Å². The van der Waals surface area contributed by atoms with Crippen LogP contribution in [0.2, 0.25) is 5.02 Å². The highest BCUT2D eigenvalue weighted by Crippen LogP contribution is 2.51. The van der Waals surface area contributed by atoms with Crippen molar-refractivity contribution < 1.29 is 9.59 Å². The van der Waals surface area contributed by atoms with Gasteiger partial charge in [-0.05, 0) is 48.6 Å². The monoisotopic (exact) mass is 393 g/mol. The van der Waals surface area contributed by atoms with Gasteiger partial charge in [-0.1, -0.05) is 57.0 Å². The fourth-order valence-electron chi connectivity index (χ4n) is 4.82. The summed E-state index contributed by atoms with van der Waals surface area (Å²) in [5.74, 6) is 0.342. The van der Waals surface area contributed by atoms with Crippen LogP contribution < -0.4 is 16.8 Å². The normalized spacial score (nSPS) is 26.6. The third-order valence-electron chi connectivity index (χ3n) is 6.06. The van der Waals surface area contributed by atoms with Crippen LogP contribution in [0.4, 0.5) is 0 Å². The summed E-state index contributed by atoms with van der Waals surface area (Å²) in [6.07, 6.45) is 3.21. The van der Waals surface area contributed by atoms with Crippen LogP contribution in [0.15, 0.2) is 24.3 Å². The summed E-state index contributed by atoms with van der Waals surface area (Å²) in [4.78, 5) is 24.9. The zero-order chi connectivity index (χ0) is 20.2. The van der Waals surface area contributed by atoms with Crippen LogP contribution >= 0.6 is 11.6 Å². The van der Waals surface area contributed by atoms with Gasteiger partial charge < -0.3 is 16.8 Å². The highest BCUT2D eigenvalue weighted by atomic mass is 35.5. The van der Waals surface area contributed by atoms with E-state index < -0.39 is 11.5 Å². The standard InChI is InChI=1S/C21H32ClN3O2/c1-13(2)16-9-8-14(3)10-21(16,20(24)27)11-18(25-19(26)12-23)15-6-4-5-7-17(15)22/h4-7,13-14,16,18H,8-12,23H2,1-3H3,(H2,24,27)(H,25,26)/t14?,16?,18-,21?/m0/s1. The predicted octanol–water partition coefficient (Wildman–Crippen LogP) is 3.41. The summed E-state index contributed by atoms with van der Waals surface area (Å²) in [6.45, 7) is 6.33. The molecule has 0 aromatic heterocycles. The van der Waals surface area contributed by atoms with Gasteiger partial charge in [-0.15, -0.1) is 0 Å². The first-order valence-corrected chi connectivity index (χ1v) is 10.1. The Morgan fingerprint density at radius 2 is 1.96 bits per heavy atom. The number of nitrogens with two attached hydrogens (primary N) is 2. The van der Waals surface area contributed by atoms with Gasteiger partial charge in [-0.25, -0.2) is 0 Å². The van der Waals surface area contributed by atoms with E-state index in [2.05, 4.69) is 26.1 Å². The summed E-state index contributed by atoms with van der Waals surface area (Å²) in [7, 11) is 0. The summed E-state index contributed by atoms with van der Waals surface area (Å²) >= 11 is 6.42. The second kappa shape index (κ2) is 9.07. The molecule has 1 fully saturated rings. The average Bonchev–Trinajstić information content (AvgIpc) is 2.61. The quantitative estimate of drug-likeness (QED) is 0.661. The topological polar surface area (TPSA) is 98.2 Å². The first-order valence-electron chi connectivity index (χ1n) is 9.75. The molecule has 0 bridgehead atoms. The summed E-state index contributed by atoms with van der Waals surface area (Å²) in [5.41, 5.74) is 11.6. The van der Waals surface area contributed by atoms with Gasteiger partial charge in [0.25, 0.3) is 0 Å². The van der Waals surface area contributed by atoms with E-state index in [0.717, 1.165) is 24.8 Å². The van der Waals surface area contributed by atoms with Crippen molar-refractivity contribution in [2.45, 2.75) is 52.5 Å². The number of hydrogen-bond acceptors (Lipinski definition) is 3. The minimum atomic E-state index is -0.683. The molecule has 1 aliphatic rings. The number of benzene rings is 1. The Labute approximate surface area is 167 Å². The zero-order valence-corrected chi connectivity index (χ0v) is 17.3. The second-order valence-corrected chi connectivity index (χ2v) is 8.71. The number of nitrogens with one attached hydrogen (secondary N) is 1. The number of primary amides is 1. The number of carbonyl (C=O) groups excluding carboxylic acids is 2. The number of rotatable bonds is 7. The minimum Gasteiger partial charge on any atom is -0.369 e. The molecular formula is C21H32ClN3O2. The molecule has 1 saturated carbocycles. The van der Waals surface area contributed by atoms with Gasteiger partial charge in [0.15, 0.2) is 0 Å². The van der Waals surface area contributed by atoms with Crippen molar-refractivity contribution in [3.05, 3.63) is 34.9 Å². The van der Waals surface area contributed by atoms with Crippen molar-refractivity contribution >= 4 is 23.4 Å². The smallest absolute Gasteiger partial charge is 0.234 e. The molecule has 2 amide bonds. The lowest BCUT2D eigenvalue weighted by Crippen LogP contribution is -2.51. The summed E-state index contributed by atoms with van der Waals surface area (Å²) in [6, 6.07) is 6.99. The molecule has 0 aliphatic heterocycles. The molecule has 0 radical (unpaired) electrons. The van der Waals surface area contributed by atoms with Crippen LogP contribution in [0.25, 0.3) is 0 Å². The van der Waals surface area contributed by atoms with E-state index in [4.69, 9.17) is 23.1 Å². The average molecular weight is 394 g/mol. The van der Waals surface area contributed by atoms with E-state index in [1.807, 2.05) is 18.2 Å². The first kappa shape index (κ1) is 21.7. The molecule has 0 spiro atoms. The molecule has 1 aromatic carbocycles. The van der Waals surface area contributed by atoms with Gasteiger partial charge in [-0.3, -0.25) is 9.59 Å². The molecule has 2 rings (SSSR count). The molecule has 0 saturated heterocycles. The van der Waals surface area contributed by atoms with E-state index in [0.29, 0.717) is 23.3 Å². The van der Waals surface area contributed by atoms with Gasteiger partial charge in [0.05, 0.1) is 18.0 Å². The van der Waals surface area contributed by atoms with Crippen molar-refractivity contribution in [1.29, 1.82) is 0 Å². The third-order valence-corrected chi connectivity index (χ3v) is 6.40. The van der Waals surface area contributed by atoms with Crippen molar-refractivity contribution in [3.63, 3.8) is 0 Å². The molecule has 3 unspecified atom stereocenters. The highest BCUT2D eigenvalue weighted by molar-refractivity contribution is 6.31. The maximum Gasteiger partial charge on any atom is 0.234 e. The number of halogens is 1. The molecule has 1 aromatic rings. The fraction of sp³-hybridized carbons (Fsp3) is 0.619. The SMILES string of the molecule is CC1CCC(C(C)C)C(C[C@H](NC(=O)CN)c2ccccc2Cl)(C(N)=O)C1. The largest absolute Gasteiger partial charge is 0.369 e. The molecule has 6 heteroatoms. The van der Waals surface area contributed by atoms with Gasteiger partial charge in [-0.2, -0.15) is 0 Å². The van der Waals surface area contributed by atoms with Crippen LogP contribution in [0, 0.1) is 23.2 Å². The Balaban J connectivity index is 2.48. The zero-order valence-electron chi connectivity index (χ0n) is 16.5. The molecule has 5 nitrogen and oxygen atoms in total. The Morgan fingerprint density at radius 1 is 1.30 bits per heavy atom. The summed E-state index contributed by atoms with van der Waals surface area (Å²) < 4.78 is 0. The van der Waals surface area contributed by atoms with E-state index >= 15 is 0 Å². The number of carbonyl (C=O) groups is 2. The van der Waals surface area contributed by atoms with E-state index in [-0.39, 0.29) is 24.3 Å². The Hall–Kier alpha value is -1.59. The maximum atomic E-state index is 12.8. The van der Waals surface area contributed by atoms with Gasteiger partial charge >= 0.3 is 0 Å². The molecule has 27 heavy (non-hydrogen) atoms. The minimum absolute atomic E-state index is 0.117. The van der Waals surface area contributed by atoms with E-state index in [1.54, 1.807) is 6.07 Å². The Morgan fingerprint density at radius 3 is 2.52 bits per heavy atom. The molecule has 150 valence electrons. The van der Waals surface area contributed by atoms with Gasteiger partial charge in [0, 0.05) is 5.02 Å². The predicted molar refractivity (Wildman–Crippen MR) is 109 cm³/mol. The lowest BCUT2D eigenvalue weighted by atomic mass is 9.57. The van der Waals surface area contributed by atoms with Crippen molar-refractivity contribution in [2.24, 2.45) is 34.6 Å². The number of hydrogen-bond donors (Lipinski definition) is 3. The lowest BCUT2D eigenvalue weighted by molar-refractivity contribution is -0.138. The van der Waals surface area contributed by atoms with Gasteiger partial charge in [0.2, 0.25) is 11.8 Å². The third kappa shape index (κ3) is 4.82. The fourth-order valence-corrected chi connectivity index (χ4v) is 5.09. The van der Waals surface area contributed by atoms with Crippen LogP contribution in [0.3, 0.4) is 0 Å². The highest BCUT2D eigenvalue weighted by Gasteiger charge is 2.50. The molecule has 1 aliphatic carbocycles.